The van der Waals surface area contributed by atoms with Crippen LogP contribution in [-0.2, 0) is 6.42 Å². The van der Waals surface area contributed by atoms with E-state index in [4.69, 9.17) is 11.5 Å². The minimum Gasteiger partial charge on any atom is -0.397 e. The molecule has 0 aliphatic heterocycles. The summed E-state index contributed by atoms with van der Waals surface area (Å²) in [6, 6.07) is 16.1. The standard InChI is InChI=1S/C20H19N5/c21-7-5-18-16(22)11-20(25-18)14-6-8-23-19(10-14)15-9-13-3-1-2-4-17(13)24-12-15/h1-4,6,8-12,25H,5,7,21-22H2. The Labute approximate surface area is 145 Å². The van der Waals surface area contributed by atoms with E-state index in [1.165, 1.54) is 0 Å². The van der Waals surface area contributed by atoms with Crippen LogP contribution in [0.5, 0.6) is 0 Å². The number of hydrogen-bond acceptors (Lipinski definition) is 4. The van der Waals surface area contributed by atoms with Gasteiger partial charge in [0.15, 0.2) is 0 Å². The van der Waals surface area contributed by atoms with Crippen LogP contribution in [0, 0.1) is 0 Å². The zero-order chi connectivity index (χ0) is 17.2. The molecule has 5 nitrogen and oxygen atoms in total. The van der Waals surface area contributed by atoms with Gasteiger partial charge in [-0.3, -0.25) is 9.97 Å². The van der Waals surface area contributed by atoms with Crippen molar-refractivity contribution in [1.82, 2.24) is 15.0 Å². The second-order valence-electron chi connectivity index (χ2n) is 6.00. The molecule has 0 saturated carbocycles. The van der Waals surface area contributed by atoms with Gasteiger partial charge in [0.1, 0.15) is 0 Å². The molecule has 25 heavy (non-hydrogen) atoms. The lowest BCUT2D eigenvalue weighted by Crippen LogP contribution is -2.04. The number of para-hydroxylation sites is 1. The molecule has 0 unspecified atom stereocenters. The number of anilines is 1. The van der Waals surface area contributed by atoms with Gasteiger partial charge in [-0.1, -0.05) is 18.2 Å². The number of nitrogen functional groups attached to an aromatic ring is 1. The summed E-state index contributed by atoms with van der Waals surface area (Å²) >= 11 is 0. The molecule has 0 amide bonds. The highest BCUT2D eigenvalue weighted by Gasteiger charge is 2.09. The maximum Gasteiger partial charge on any atom is 0.0724 e. The molecule has 5 heteroatoms. The van der Waals surface area contributed by atoms with Crippen molar-refractivity contribution in [3.8, 4) is 22.5 Å². The lowest BCUT2D eigenvalue weighted by molar-refractivity contribution is 0.939. The van der Waals surface area contributed by atoms with Crippen LogP contribution >= 0.6 is 0 Å². The second-order valence-corrected chi connectivity index (χ2v) is 6.00. The van der Waals surface area contributed by atoms with E-state index in [0.29, 0.717) is 6.54 Å². The molecule has 0 radical (unpaired) electrons. The molecule has 0 aliphatic carbocycles. The van der Waals surface area contributed by atoms with Crippen molar-refractivity contribution in [2.75, 3.05) is 12.3 Å². The van der Waals surface area contributed by atoms with E-state index in [0.717, 1.165) is 51.2 Å². The summed E-state index contributed by atoms with van der Waals surface area (Å²) in [4.78, 5) is 12.4. The van der Waals surface area contributed by atoms with Gasteiger partial charge in [0, 0.05) is 46.7 Å². The molecule has 0 bridgehead atoms. The van der Waals surface area contributed by atoms with E-state index in [9.17, 15) is 0 Å². The van der Waals surface area contributed by atoms with Crippen LogP contribution in [0.2, 0.25) is 0 Å². The Hall–Kier alpha value is -3.18. The van der Waals surface area contributed by atoms with Crippen molar-refractivity contribution >= 4 is 16.6 Å². The number of benzene rings is 1. The normalized spacial score (nSPS) is 11.1. The summed E-state index contributed by atoms with van der Waals surface area (Å²) in [5, 5.41) is 1.10. The van der Waals surface area contributed by atoms with Gasteiger partial charge in [-0.05, 0) is 36.9 Å². The number of nitrogens with zero attached hydrogens (tertiary/aromatic N) is 2. The van der Waals surface area contributed by atoms with Crippen LogP contribution in [0.1, 0.15) is 5.69 Å². The van der Waals surface area contributed by atoms with Crippen LogP contribution in [0.15, 0.2) is 60.9 Å². The minimum atomic E-state index is 0.564. The lowest BCUT2D eigenvalue weighted by atomic mass is 10.1. The van der Waals surface area contributed by atoms with Crippen molar-refractivity contribution in [3.05, 3.63) is 66.6 Å². The average molecular weight is 329 g/mol. The Bertz CT molecular complexity index is 1040. The second kappa shape index (κ2) is 6.37. The first kappa shape index (κ1) is 15.4. The number of nitrogens with one attached hydrogen (secondary N) is 1. The van der Waals surface area contributed by atoms with E-state index < -0.39 is 0 Å². The van der Waals surface area contributed by atoms with Crippen LogP contribution in [0.25, 0.3) is 33.4 Å². The Morgan fingerprint density at radius 1 is 0.960 bits per heavy atom. The van der Waals surface area contributed by atoms with Crippen LogP contribution < -0.4 is 11.5 Å². The number of pyridine rings is 2. The van der Waals surface area contributed by atoms with Gasteiger partial charge >= 0.3 is 0 Å². The van der Waals surface area contributed by atoms with E-state index in [2.05, 4.69) is 27.1 Å². The van der Waals surface area contributed by atoms with Gasteiger partial charge < -0.3 is 16.5 Å². The first-order chi connectivity index (χ1) is 12.2. The van der Waals surface area contributed by atoms with E-state index in [-0.39, 0.29) is 0 Å². The third-order valence-corrected chi connectivity index (χ3v) is 4.29. The van der Waals surface area contributed by atoms with E-state index in [1.807, 2.05) is 42.6 Å². The molecular formula is C20H19N5. The third kappa shape index (κ3) is 2.97. The summed E-state index contributed by atoms with van der Waals surface area (Å²) in [6.45, 7) is 0.564. The molecule has 124 valence electrons. The van der Waals surface area contributed by atoms with Gasteiger partial charge in [0.05, 0.1) is 16.9 Å². The summed E-state index contributed by atoms with van der Waals surface area (Å²) in [6.07, 6.45) is 4.40. The van der Waals surface area contributed by atoms with Crippen molar-refractivity contribution in [2.24, 2.45) is 5.73 Å². The smallest absolute Gasteiger partial charge is 0.0724 e. The van der Waals surface area contributed by atoms with Crippen molar-refractivity contribution in [2.45, 2.75) is 6.42 Å². The Kier molecular flexibility index (Phi) is 3.91. The van der Waals surface area contributed by atoms with E-state index >= 15 is 0 Å². The molecule has 0 saturated heterocycles. The fourth-order valence-corrected chi connectivity index (χ4v) is 2.99. The molecule has 0 aliphatic rings. The van der Waals surface area contributed by atoms with Gasteiger partial charge in [-0.2, -0.15) is 0 Å². The van der Waals surface area contributed by atoms with Crippen molar-refractivity contribution < 1.29 is 0 Å². The maximum absolute atomic E-state index is 6.06. The first-order valence-corrected chi connectivity index (χ1v) is 8.23. The molecule has 4 aromatic rings. The molecule has 3 heterocycles. The number of aromatic nitrogens is 3. The summed E-state index contributed by atoms with van der Waals surface area (Å²) in [7, 11) is 0. The SMILES string of the molecule is NCCc1[nH]c(-c2ccnc(-c3cnc4ccccc4c3)c2)cc1N. The number of fused-ring (bicyclic) bond motifs is 1. The number of H-pyrrole nitrogens is 1. The zero-order valence-corrected chi connectivity index (χ0v) is 13.7. The molecule has 3 aromatic heterocycles. The maximum atomic E-state index is 6.06. The summed E-state index contributed by atoms with van der Waals surface area (Å²) < 4.78 is 0. The average Bonchev–Trinajstić information content (AvgIpc) is 3.02. The Morgan fingerprint density at radius 2 is 1.84 bits per heavy atom. The van der Waals surface area contributed by atoms with Gasteiger partial charge in [0.2, 0.25) is 0 Å². The minimum absolute atomic E-state index is 0.564. The molecule has 4 rings (SSSR count). The van der Waals surface area contributed by atoms with Gasteiger partial charge in [0.25, 0.3) is 0 Å². The molecule has 0 atom stereocenters. The predicted molar refractivity (Wildman–Crippen MR) is 102 cm³/mol. The first-order valence-electron chi connectivity index (χ1n) is 8.23. The fourth-order valence-electron chi connectivity index (χ4n) is 2.99. The number of nitrogens with two attached hydrogens (primary N) is 2. The monoisotopic (exact) mass is 329 g/mol. The summed E-state index contributed by atoms with van der Waals surface area (Å²) in [5.74, 6) is 0. The molecule has 0 spiro atoms. The number of rotatable bonds is 4. The largest absolute Gasteiger partial charge is 0.397 e. The van der Waals surface area contributed by atoms with Gasteiger partial charge in [-0.25, -0.2) is 0 Å². The molecular weight excluding hydrogens is 310 g/mol. The van der Waals surface area contributed by atoms with Crippen LogP contribution in [-0.4, -0.2) is 21.5 Å². The van der Waals surface area contributed by atoms with Crippen LogP contribution in [0.4, 0.5) is 5.69 Å². The topological polar surface area (TPSA) is 93.6 Å². The highest BCUT2D eigenvalue weighted by atomic mass is 14.8. The number of hydrogen-bond donors (Lipinski definition) is 3. The Morgan fingerprint density at radius 3 is 2.72 bits per heavy atom. The summed E-state index contributed by atoms with van der Waals surface area (Å²) in [5.41, 5.74) is 18.3. The van der Waals surface area contributed by atoms with Gasteiger partial charge in [-0.15, -0.1) is 0 Å². The van der Waals surface area contributed by atoms with E-state index in [1.54, 1.807) is 6.20 Å². The van der Waals surface area contributed by atoms with Crippen molar-refractivity contribution in [3.63, 3.8) is 0 Å². The van der Waals surface area contributed by atoms with Crippen molar-refractivity contribution in [1.29, 1.82) is 0 Å². The lowest BCUT2D eigenvalue weighted by Gasteiger charge is -2.05. The number of aromatic amines is 1. The molecule has 5 N–H and O–H groups in total. The molecule has 1 aromatic carbocycles. The third-order valence-electron chi connectivity index (χ3n) is 4.29. The van der Waals surface area contributed by atoms with Crippen LogP contribution in [0.3, 0.4) is 0 Å². The fraction of sp³-hybridized carbons (Fsp3) is 0.100. The zero-order valence-electron chi connectivity index (χ0n) is 13.7. The quantitative estimate of drug-likeness (QED) is 0.535. The highest BCUT2D eigenvalue weighted by molar-refractivity contribution is 5.83. The predicted octanol–water partition coefficient (Wildman–Crippen LogP) is 3.38. The molecule has 0 fully saturated rings. The Balaban J connectivity index is 1.74. The highest BCUT2D eigenvalue weighted by Crippen LogP contribution is 2.27.